The zero-order chi connectivity index (χ0) is 14.5. The van der Waals surface area contributed by atoms with Gasteiger partial charge in [0.1, 0.15) is 11.9 Å². The summed E-state index contributed by atoms with van der Waals surface area (Å²) >= 11 is 0. The summed E-state index contributed by atoms with van der Waals surface area (Å²) in [5.41, 5.74) is 7.03. The van der Waals surface area contributed by atoms with E-state index in [1.807, 2.05) is 38.1 Å². The molecule has 1 amide bonds. The average Bonchev–Trinajstić information content (AvgIpc) is 2.85. The molecule has 1 aliphatic carbocycles. The predicted molar refractivity (Wildman–Crippen MR) is 86.8 cm³/mol. The van der Waals surface area contributed by atoms with Crippen LogP contribution in [0.3, 0.4) is 0 Å². The van der Waals surface area contributed by atoms with Crippen LogP contribution in [0.1, 0.15) is 31.7 Å². The minimum Gasteiger partial charge on any atom is -0.489 e. The zero-order valence-corrected chi connectivity index (χ0v) is 13.5. The highest BCUT2D eigenvalue weighted by Crippen LogP contribution is 2.24. The molecule has 5 heteroatoms. The first-order valence-corrected chi connectivity index (χ1v) is 7.31. The predicted octanol–water partition coefficient (Wildman–Crippen LogP) is 2.43. The summed E-state index contributed by atoms with van der Waals surface area (Å²) in [4.78, 5) is 12.0. The Balaban J connectivity index is 0.00000220. The number of benzene rings is 1. The van der Waals surface area contributed by atoms with Gasteiger partial charge in [0.25, 0.3) is 0 Å². The van der Waals surface area contributed by atoms with E-state index in [2.05, 4.69) is 5.32 Å². The lowest BCUT2D eigenvalue weighted by atomic mass is 10.1. The molecular formula is C16H25ClN2O2. The molecule has 118 valence electrons. The molecule has 3 unspecified atom stereocenters. The minimum atomic E-state index is -0.0447. The molecule has 1 aliphatic rings. The Bertz CT molecular complexity index is 450. The first kappa shape index (κ1) is 17.8. The van der Waals surface area contributed by atoms with Crippen molar-refractivity contribution < 1.29 is 9.53 Å². The molecule has 0 radical (unpaired) electrons. The molecule has 1 aromatic carbocycles. The molecule has 1 fully saturated rings. The summed E-state index contributed by atoms with van der Waals surface area (Å²) in [6.45, 7) is 4.53. The molecule has 0 aromatic heterocycles. The number of carbonyl (C=O) groups excluding carboxylic acids is 1. The van der Waals surface area contributed by atoms with Crippen molar-refractivity contribution in [2.24, 2.45) is 11.7 Å². The molecule has 0 bridgehead atoms. The van der Waals surface area contributed by atoms with Crippen molar-refractivity contribution in [3.8, 4) is 5.75 Å². The van der Waals surface area contributed by atoms with Gasteiger partial charge >= 0.3 is 0 Å². The van der Waals surface area contributed by atoms with Crippen LogP contribution < -0.4 is 15.8 Å². The first-order valence-electron chi connectivity index (χ1n) is 7.31. The molecule has 21 heavy (non-hydrogen) atoms. The molecule has 4 nitrogen and oxygen atoms in total. The Labute approximate surface area is 132 Å². The van der Waals surface area contributed by atoms with Crippen LogP contribution in [-0.4, -0.2) is 24.6 Å². The Kier molecular flexibility index (Phi) is 6.99. The SMILES string of the molecule is Cc1ccc(OC(C)CNC(=O)C2CCC(N)C2)cc1.Cl. The summed E-state index contributed by atoms with van der Waals surface area (Å²) in [5.74, 6) is 1.02. The fraction of sp³-hybridized carbons (Fsp3) is 0.562. The van der Waals surface area contributed by atoms with E-state index in [9.17, 15) is 4.79 Å². The van der Waals surface area contributed by atoms with Gasteiger partial charge in [0, 0.05) is 12.0 Å². The lowest BCUT2D eigenvalue weighted by Gasteiger charge is -2.17. The second kappa shape index (κ2) is 8.25. The van der Waals surface area contributed by atoms with Crippen LogP contribution in [0, 0.1) is 12.8 Å². The number of halogens is 1. The molecular weight excluding hydrogens is 288 g/mol. The number of nitrogens with one attached hydrogen (secondary N) is 1. The molecule has 1 aromatic rings. The van der Waals surface area contributed by atoms with Crippen LogP contribution in [0.4, 0.5) is 0 Å². The fourth-order valence-electron chi connectivity index (χ4n) is 2.53. The first-order chi connectivity index (χ1) is 9.54. The zero-order valence-electron chi connectivity index (χ0n) is 12.7. The third kappa shape index (κ3) is 5.56. The van der Waals surface area contributed by atoms with Crippen molar-refractivity contribution in [3.05, 3.63) is 29.8 Å². The lowest BCUT2D eigenvalue weighted by molar-refractivity contribution is -0.125. The van der Waals surface area contributed by atoms with Gasteiger partial charge in [-0.3, -0.25) is 4.79 Å². The van der Waals surface area contributed by atoms with Crippen LogP contribution >= 0.6 is 12.4 Å². The van der Waals surface area contributed by atoms with Crippen molar-refractivity contribution in [2.45, 2.75) is 45.3 Å². The summed E-state index contributed by atoms with van der Waals surface area (Å²) in [5, 5.41) is 2.96. The highest BCUT2D eigenvalue weighted by Gasteiger charge is 2.27. The number of rotatable bonds is 5. The van der Waals surface area contributed by atoms with Gasteiger partial charge in [0.05, 0.1) is 6.54 Å². The Morgan fingerprint density at radius 3 is 2.62 bits per heavy atom. The Morgan fingerprint density at radius 2 is 2.05 bits per heavy atom. The maximum Gasteiger partial charge on any atom is 0.223 e. The van der Waals surface area contributed by atoms with Gasteiger partial charge in [-0.1, -0.05) is 17.7 Å². The Morgan fingerprint density at radius 1 is 1.38 bits per heavy atom. The van der Waals surface area contributed by atoms with Crippen LogP contribution in [0.25, 0.3) is 0 Å². The lowest BCUT2D eigenvalue weighted by Crippen LogP contribution is -2.37. The number of amides is 1. The number of nitrogens with two attached hydrogens (primary N) is 1. The van der Waals surface area contributed by atoms with E-state index in [4.69, 9.17) is 10.5 Å². The second-order valence-electron chi connectivity index (χ2n) is 5.76. The van der Waals surface area contributed by atoms with Crippen molar-refractivity contribution in [2.75, 3.05) is 6.54 Å². The summed E-state index contributed by atoms with van der Waals surface area (Å²) in [7, 11) is 0. The van der Waals surface area contributed by atoms with E-state index in [0.29, 0.717) is 6.54 Å². The number of carbonyl (C=O) groups is 1. The van der Waals surface area contributed by atoms with Gasteiger partial charge in [0.15, 0.2) is 0 Å². The van der Waals surface area contributed by atoms with Gasteiger partial charge in [-0.05, 0) is 45.2 Å². The highest BCUT2D eigenvalue weighted by molar-refractivity contribution is 5.85. The molecule has 0 saturated heterocycles. The maximum atomic E-state index is 12.0. The number of hydrogen-bond donors (Lipinski definition) is 2. The van der Waals surface area contributed by atoms with Gasteiger partial charge in [-0.25, -0.2) is 0 Å². The summed E-state index contributed by atoms with van der Waals surface area (Å²) in [6, 6.07) is 8.11. The van der Waals surface area contributed by atoms with Gasteiger partial charge in [-0.2, -0.15) is 0 Å². The summed E-state index contributed by atoms with van der Waals surface area (Å²) < 4.78 is 5.76. The van der Waals surface area contributed by atoms with Crippen molar-refractivity contribution in [3.63, 3.8) is 0 Å². The van der Waals surface area contributed by atoms with Crippen LogP contribution in [-0.2, 0) is 4.79 Å². The van der Waals surface area contributed by atoms with Crippen molar-refractivity contribution >= 4 is 18.3 Å². The van der Waals surface area contributed by atoms with Crippen LogP contribution in [0.2, 0.25) is 0 Å². The molecule has 0 aliphatic heterocycles. The molecule has 3 atom stereocenters. The normalized spacial score (nSPS) is 22.2. The Hall–Kier alpha value is -1.26. The summed E-state index contributed by atoms with van der Waals surface area (Å²) in [6.07, 6.45) is 2.61. The third-order valence-electron chi connectivity index (χ3n) is 3.77. The van der Waals surface area contributed by atoms with Crippen molar-refractivity contribution in [1.82, 2.24) is 5.32 Å². The standard InChI is InChI=1S/C16H24N2O2.ClH/c1-11-3-7-15(8-4-11)20-12(2)10-18-16(19)13-5-6-14(17)9-13;/h3-4,7-8,12-14H,5-6,9-10,17H2,1-2H3,(H,18,19);1H. The van der Waals surface area contributed by atoms with Gasteiger partial charge in [-0.15, -0.1) is 12.4 Å². The van der Waals surface area contributed by atoms with Gasteiger partial charge in [0.2, 0.25) is 5.91 Å². The highest BCUT2D eigenvalue weighted by atomic mass is 35.5. The van der Waals surface area contributed by atoms with Crippen molar-refractivity contribution in [1.29, 1.82) is 0 Å². The molecule has 2 rings (SSSR count). The van der Waals surface area contributed by atoms with Crippen LogP contribution in [0.15, 0.2) is 24.3 Å². The number of aryl methyl sites for hydroxylation is 1. The molecule has 3 N–H and O–H groups in total. The quantitative estimate of drug-likeness (QED) is 0.877. The van der Waals surface area contributed by atoms with E-state index in [-0.39, 0.29) is 36.4 Å². The topological polar surface area (TPSA) is 64.3 Å². The van der Waals surface area contributed by atoms with Gasteiger partial charge < -0.3 is 15.8 Å². The average molecular weight is 313 g/mol. The fourth-order valence-corrected chi connectivity index (χ4v) is 2.53. The smallest absolute Gasteiger partial charge is 0.223 e. The third-order valence-corrected chi connectivity index (χ3v) is 3.77. The van der Waals surface area contributed by atoms with Crippen LogP contribution in [0.5, 0.6) is 5.75 Å². The minimum absolute atomic E-state index is 0. The largest absolute Gasteiger partial charge is 0.489 e. The van der Waals surface area contributed by atoms with E-state index in [0.717, 1.165) is 25.0 Å². The second-order valence-corrected chi connectivity index (χ2v) is 5.76. The molecule has 1 saturated carbocycles. The number of ether oxygens (including phenoxy) is 1. The molecule has 0 spiro atoms. The van der Waals surface area contributed by atoms with E-state index in [1.165, 1.54) is 5.56 Å². The monoisotopic (exact) mass is 312 g/mol. The van der Waals surface area contributed by atoms with E-state index in [1.54, 1.807) is 0 Å². The molecule has 0 heterocycles. The maximum absolute atomic E-state index is 12.0. The number of hydrogen-bond acceptors (Lipinski definition) is 3. The van der Waals surface area contributed by atoms with E-state index >= 15 is 0 Å². The van der Waals surface area contributed by atoms with E-state index < -0.39 is 0 Å².